The van der Waals surface area contributed by atoms with E-state index in [9.17, 15) is 9.90 Å². The first-order valence-electron chi connectivity index (χ1n) is 7.09. The van der Waals surface area contributed by atoms with Crippen molar-refractivity contribution in [1.29, 1.82) is 0 Å². The smallest absolute Gasteiger partial charge is 0.310 e. The largest absolute Gasteiger partial charge is 0.481 e. The van der Waals surface area contributed by atoms with Crippen molar-refractivity contribution in [3.05, 3.63) is 0 Å². The SMILES string of the molecule is CCN(CCOC)CC1(C(=O)O)CCCCCC1. The number of aliphatic carboxylic acids is 1. The zero-order chi connectivity index (χ0) is 13.4. The van der Waals surface area contributed by atoms with Crippen LogP contribution >= 0.6 is 0 Å². The Labute approximate surface area is 110 Å². The van der Waals surface area contributed by atoms with Crippen LogP contribution in [0.15, 0.2) is 0 Å². The van der Waals surface area contributed by atoms with Crippen molar-refractivity contribution < 1.29 is 14.6 Å². The van der Waals surface area contributed by atoms with Crippen molar-refractivity contribution in [1.82, 2.24) is 4.90 Å². The minimum atomic E-state index is -0.611. The van der Waals surface area contributed by atoms with Crippen molar-refractivity contribution in [3.63, 3.8) is 0 Å². The number of ether oxygens (including phenoxy) is 1. The molecule has 1 rings (SSSR count). The molecule has 0 aromatic carbocycles. The predicted molar refractivity (Wildman–Crippen MR) is 71.8 cm³/mol. The van der Waals surface area contributed by atoms with Crippen LogP contribution in [0.2, 0.25) is 0 Å². The van der Waals surface area contributed by atoms with Gasteiger partial charge >= 0.3 is 5.97 Å². The molecule has 0 heterocycles. The number of methoxy groups -OCH3 is 1. The van der Waals surface area contributed by atoms with Crippen LogP contribution in [0, 0.1) is 5.41 Å². The highest BCUT2D eigenvalue weighted by Crippen LogP contribution is 2.36. The molecular formula is C14H27NO3. The second-order valence-corrected chi connectivity index (χ2v) is 5.36. The van der Waals surface area contributed by atoms with E-state index in [1.165, 1.54) is 12.8 Å². The number of carbonyl (C=O) groups is 1. The predicted octanol–water partition coefficient (Wildman–Crippen LogP) is 2.38. The van der Waals surface area contributed by atoms with Crippen LogP contribution in [0.1, 0.15) is 45.4 Å². The van der Waals surface area contributed by atoms with Crippen LogP contribution in [0.5, 0.6) is 0 Å². The molecule has 1 N–H and O–H groups in total. The van der Waals surface area contributed by atoms with Gasteiger partial charge in [0.2, 0.25) is 0 Å². The molecule has 0 amide bonds. The summed E-state index contributed by atoms with van der Waals surface area (Å²) in [6, 6.07) is 0. The van der Waals surface area contributed by atoms with E-state index >= 15 is 0 Å². The highest BCUT2D eigenvalue weighted by atomic mass is 16.5. The Kier molecular flexibility index (Phi) is 6.65. The third-order valence-corrected chi connectivity index (χ3v) is 4.10. The Hall–Kier alpha value is -0.610. The summed E-state index contributed by atoms with van der Waals surface area (Å²) in [5, 5.41) is 9.63. The maximum Gasteiger partial charge on any atom is 0.310 e. The lowest BCUT2D eigenvalue weighted by molar-refractivity contribution is -0.151. The molecule has 0 aromatic heterocycles. The van der Waals surface area contributed by atoms with Gasteiger partial charge in [-0.2, -0.15) is 0 Å². The van der Waals surface area contributed by atoms with Crippen molar-refractivity contribution in [2.45, 2.75) is 45.4 Å². The average molecular weight is 257 g/mol. The standard InChI is InChI=1S/C14H27NO3/c1-3-15(10-11-18-2)12-14(13(16)17)8-6-4-5-7-9-14/h3-12H2,1-2H3,(H,16,17). The van der Waals surface area contributed by atoms with Gasteiger partial charge in [-0.3, -0.25) is 4.79 Å². The zero-order valence-electron chi connectivity index (χ0n) is 11.8. The van der Waals surface area contributed by atoms with Crippen molar-refractivity contribution in [2.75, 3.05) is 33.4 Å². The molecule has 0 aromatic rings. The molecule has 1 aliphatic carbocycles. The van der Waals surface area contributed by atoms with Crippen LogP contribution in [0.3, 0.4) is 0 Å². The van der Waals surface area contributed by atoms with Crippen LogP contribution < -0.4 is 0 Å². The number of rotatable bonds is 7. The Bertz CT molecular complexity index is 247. The number of carboxylic acids is 1. The molecule has 1 aliphatic rings. The molecule has 0 bridgehead atoms. The van der Waals surface area contributed by atoms with Crippen molar-refractivity contribution >= 4 is 5.97 Å². The summed E-state index contributed by atoms with van der Waals surface area (Å²) in [7, 11) is 1.69. The molecule has 0 atom stereocenters. The van der Waals surface area contributed by atoms with Gasteiger partial charge in [-0.05, 0) is 19.4 Å². The van der Waals surface area contributed by atoms with E-state index in [1.54, 1.807) is 7.11 Å². The van der Waals surface area contributed by atoms with E-state index < -0.39 is 11.4 Å². The molecule has 4 nitrogen and oxygen atoms in total. The number of likely N-dealkylation sites (N-methyl/N-ethyl adjacent to an activating group) is 1. The summed E-state index contributed by atoms with van der Waals surface area (Å²) in [5.74, 6) is -0.611. The van der Waals surface area contributed by atoms with E-state index in [1.807, 2.05) is 0 Å². The Morgan fingerprint density at radius 1 is 1.28 bits per heavy atom. The Morgan fingerprint density at radius 2 is 1.89 bits per heavy atom. The van der Waals surface area contributed by atoms with Gasteiger partial charge in [-0.25, -0.2) is 0 Å². The van der Waals surface area contributed by atoms with Gasteiger partial charge in [0.25, 0.3) is 0 Å². The van der Waals surface area contributed by atoms with Gasteiger partial charge in [-0.1, -0.05) is 32.6 Å². The van der Waals surface area contributed by atoms with Gasteiger partial charge in [0.1, 0.15) is 0 Å². The molecule has 106 valence electrons. The molecule has 1 fully saturated rings. The van der Waals surface area contributed by atoms with Gasteiger partial charge in [0, 0.05) is 20.2 Å². The van der Waals surface area contributed by atoms with Crippen molar-refractivity contribution in [2.24, 2.45) is 5.41 Å². The molecule has 0 saturated heterocycles. The molecule has 1 saturated carbocycles. The summed E-state index contributed by atoms with van der Waals surface area (Å²) >= 11 is 0. The zero-order valence-corrected chi connectivity index (χ0v) is 11.8. The van der Waals surface area contributed by atoms with Gasteiger partial charge < -0.3 is 14.7 Å². The second-order valence-electron chi connectivity index (χ2n) is 5.36. The summed E-state index contributed by atoms with van der Waals surface area (Å²) in [4.78, 5) is 13.9. The van der Waals surface area contributed by atoms with E-state index in [-0.39, 0.29) is 0 Å². The summed E-state index contributed by atoms with van der Waals surface area (Å²) in [5.41, 5.74) is -0.528. The van der Waals surface area contributed by atoms with Crippen LogP contribution in [0.25, 0.3) is 0 Å². The summed E-state index contributed by atoms with van der Waals surface area (Å²) in [6.07, 6.45) is 6.11. The molecule has 0 unspecified atom stereocenters. The molecule has 18 heavy (non-hydrogen) atoms. The molecule has 0 spiro atoms. The van der Waals surface area contributed by atoms with E-state index in [0.29, 0.717) is 13.2 Å². The first kappa shape index (κ1) is 15.4. The highest BCUT2D eigenvalue weighted by Gasteiger charge is 2.39. The minimum Gasteiger partial charge on any atom is -0.481 e. The molecule has 0 radical (unpaired) electrons. The fourth-order valence-electron chi connectivity index (χ4n) is 2.84. The van der Waals surface area contributed by atoms with E-state index in [4.69, 9.17) is 4.74 Å². The first-order valence-corrected chi connectivity index (χ1v) is 7.09. The van der Waals surface area contributed by atoms with Gasteiger partial charge in [-0.15, -0.1) is 0 Å². The number of nitrogens with zero attached hydrogens (tertiary/aromatic N) is 1. The molecule has 4 heteroatoms. The topological polar surface area (TPSA) is 49.8 Å². The summed E-state index contributed by atoms with van der Waals surface area (Å²) in [6.45, 7) is 5.13. The number of hydrogen-bond acceptors (Lipinski definition) is 3. The summed E-state index contributed by atoms with van der Waals surface area (Å²) < 4.78 is 5.09. The number of hydrogen-bond donors (Lipinski definition) is 1. The maximum atomic E-state index is 11.7. The number of carboxylic acid groups (broad SMARTS) is 1. The highest BCUT2D eigenvalue weighted by molar-refractivity contribution is 5.75. The fourth-order valence-corrected chi connectivity index (χ4v) is 2.84. The minimum absolute atomic E-state index is 0.528. The lowest BCUT2D eigenvalue weighted by atomic mass is 9.80. The maximum absolute atomic E-state index is 11.7. The van der Waals surface area contributed by atoms with Crippen molar-refractivity contribution in [3.8, 4) is 0 Å². The van der Waals surface area contributed by atoms with E-state index in [2.05, 4.69) is 11.8 Å². The third kappa shape index (κ3) is 4.25. The quantitative estimate of drug-likeness (QED) is 0.711. The first-order chi connectivity index (χ1) is 8.64. The van der Waals surface area contributed by atoms with E-state index in [0.717, 1.165) is 38.8 Å². The lowest BCUT2D eigenvalue weighted by Crippen LogP contribution is -2.44. The average Bonchev–Trinajstić information content (AvgIpc) is 2.61. The lowest BCUT2D eigenvalue weighted by Gasteiger charge is -2.34. The van der Waals surface area contributed by atoms with Gasteiger partial charge in [0.05, 0.1) is 12.0 Å². The monoisotopic (exact) mass is 257 g/mol. The second kappa shape index (κ2) is 7.74. The van der Waals surface area contributed by atoms with Gasteiger partial charge in [0.15, 0.2) is 0 Å². The molecular weight excluding hydrogens is 230 g/mol. The Morgan fingerprint density at radius 3 is 2.33 bits per heavy atom. The fraction of sp³-hybridized carbons (Fsp3) is 0.929. The normalized spacial score (nSPS) is 19.7. The third-order valence-electron chi connectivity index (χ3n) is 4.10. The van der Waals surface area contributed by atoms with Crippen LogP contribution in [-0.4, -0.2) is 49.3 Å². The van der Waals surface area contributed by atoms with Crippen LogP contribution in [0.4, 0.5) is 0 Å². The molecule has 0 aliphatic heterocycles. The van der Waals surface area contributed by atoms with Crippen LogP contribution in [-0.2, 0) is 9.53 Å². The Balaban J connectivity index is 2.67.